The zero-order chi connectivity index (χ0) is 57.4. The molecule has 0 saturated heterocycles. The smallest absolute Gasteiger partial charge is 0.416 e. The van der Waals surface area contributed by atoms with Crippen molar-refractivity contribution in [3.8, 4) is 23.0 Å². The molecular formula is C44H43F24NO4. The van der Waals surface area contributed by atoms with E-state index in [0.717, 1.165) is 0 Å². The van der Waals surface area contributed by atoms with Crippen LogP contribution >= 0.6 is 0 Å². The molecule has 4 N–H and O–H groups in total. The van der Waals surface area contributed by atoms with Gasteiger partial charge in [-0.15, -0.1) is 0 Å². The third-order valence-electron chi connectivity index (χ3n) is 8.77. The van der Waals surface area contributed by atoms with Gasteiger partial charge in [0.15, 0.2) is 0 Å². The summed E-state index contributed by atoms with van der Waals surface area (Å²) in [5.74, 6) is -4.29. The topological polar surface area (TPSA) is 84.2 Å². The summed E-state index contributed by atoms with van der Waals surface area (Å²) in [6, 6.07) is 1.63. The fraction of sp³-hybridized carbons (Fsp3) is 0.455. The van der Waals surface area contributed by atoms with E-state index >= 15 is 0 Å². The first kappa shape index (κ1) is 67.4. The molecule has 4 aromatic rings. The van der Waals surface area contributed by atoms with E-state index in [1.165, 1.54) is 58.2 Å². The van der Waals surface area contributed by atoms with Crippen molar-refractivity contribution in [1.82, 2.24) is 4.90 Å². The van der Waals surface area contributed by atoms with E-state index in [2.05, 4.69) is 25.7 Å². The van der Waals surface area contributed by atoms with Crippen LogP contribution in [0.5, 0.6) is 23.0 Å². The number of benzene rings is 4. The van der Waals surface area contributed by atoms with E-state index in [9.17, 15) is 105 Å². The number of aromatic hydroxyl groups is 4. The van der Waals surface area contributed by atoms with E-state index < -0.39 is 117 Å². The van der Waals surface area contributed by atoms with Crippen LogP contribution in [0.15, 0.2) is 72.8 Å². The minimum absolute atomic E-state index is 0.0558. The highest BCUT2D eigenvalue weighted by molar-refractivity contribution is 5.39. The second-order valence-corrected chi connectivity index (χ2v) is 15.0. The molecule has 0 aliphatic heterocycles. The van der Waals surface area contributed by atoms with Crippen molar-refractivity contribution < 1.29 is 126 Å². The Kier molecular flexibility index (Phi) is 25.0. The van der Waals surface area contributed by atoms with Crippen molar-refractivity contribution in [1.29, 1.82) is 0 Å². The number of hydrogen-bond acceptors (Lipinski definition) is 5. The van der Waals surface area contributed by atoms with Crippen LogP contribution < -0.4 is 0 Å². The van der Waals surface area contributed by atoms with Crippen molar-refractivity contribution in [2.24, 2.45) is 0 Å². The van der Waals surface area contributed by atoms with Gasteiger partial charge < -0.3 is 25.3 Å². The molecule has 0 heterocycles. The number of hydrogen-bond donors (Lipinski definition) is 4. The first-order valence-electron chi connectivity index (χ1n) is 20.4. The van der Waals surface area contributed by atoms with Gasteiger partial charge in [-0.05, 0) is 112 Å². The van der Waals surface area contributed by atoms with Gasteiger partial charge in [0.1, 0.15) is 23.0 Å². The van der Waals surface area contributed by atoms with Crippen LogP contribution in [0, 0.1) is 0 Å². The third kappa shape index (κ3) is 26.2. The molecule has 5 nitrogen and oxygen atoms in total. The first-order valence-corrected chi connectivity index (χ1v) is 20.4. The van der Waals surface area contributed by atoms with E-state index in [1.54, 1.807) is 0 Å². The van der Waals surface area contributed by atoms with Crippen LogP contribution in [-0.2, 0) is 49.4 Å². The summed E-state index contributed by atoms with van der Waals surface area (Å²) in [4.78, 5) is 2.64. The van der Waals surface area contributed by atoms with E-state index in [4.69, 9.17) is 20.4 Å². The van der Waals surface area contributed by atoms with Gasteiger partial charge in [-0.3, -0.25) is 0 Å². The standard InChI is InChI=1S/C12H27N.4C8H4F6O/c1-4-7-10-13(11-8-5-2)12-9-6-3;4*9-7(10,11)4-1-5(8(12,13)14)3-6(15)2-4/h4-12H2,1-3H3;4*1-3,15H. The fourth-order valence-electron chi connectivity index (χ4n) is 5.23. The van der Waals surface area contributed by atoms with Gasteiger partial charge in [0.2, 0.25) is 0 Å². The quantitative estimate of drug-likeness (QED) is 0.126. The Hall–Kier alpha value is -5.64. The summed E-state index contributed by atoms with van der Waals surface area (Å²) in [6.07, 6.45) is -31.3. The molecule has 0 aliphatic rings. The minimum atomic E-state index is -4.92. The highest BCUT2D eigenvalue weighted by Crippen LogP contribution is 2.41. The zero-order valence-electron chi connectivity index (χ0n) is 37.6. The van der Waals surface area contributed by atoms with E-state index in [1.807, 2.05) is 0 Å². The molecule has 4 aromatic carbocycles. The van der Waals surface area contributed by atoms with Gasteiger partial charge in [0.05, 0.1) is 44.5 Å². The molecule has 0 bridgehead atoms. The number of phenolic OH excluding ortho intramolecular Hbond substituents is 4. The maximum absolute atomic E-state index is 12.1. The summed E-state index contributed by atoms with van der Waals surface area (Å²) in [5, 5.41) is 34.9. The molecule has 4 rings (SSSR count). The molecule has 0 unspecified atom stereocenters. The average molecular weight is 1110 g/mol. The highest BCUT2D eigenvalue weighted by Gasteiger charge is 2.40. The lowest BCUT2D eigenvalue weighted by molar-refractivity contribution is -0.144. The number of halogens is 24. The molecule has 73 heavy (non-hydrogen) atoms. The van der Waals surface area contributed by atoms with Gasteiger partial charge in [-0.2, -0.15) is 105 Å². The zero-order valence-corrected chi connectivity index (χ0v) is 37.6. The van der Waals surface area contributed by atoms with Crippen molar-refractivity contribution in [2.75, 3.05) is 19.6 Å². The molecule has 0 aliphatic carbocycles. The molecule has 0 fully saturated rings. The SMILES string of the molecule is CCCCN(CCCC)CCCC.Oc1cc(C(F)(F)F)cc(C(F)(F)F)c1.Oc1cc(C(F)(F)F)cc(C(F)(F)F)c1.Oc1cc(C(F)(F)F)cc(C(F)(F)F)c1.Oc1cc(C(F)(F)F)cc(C(F)(F)F)c1. The Morgan fingerprint density at radius 2 is 0.384 bits per heavy atom. The predicted molar refractivity (Wildman–Crippen MR) is 214 cm³/mol. The van der Waals surface area contributed by atoms with Gasteiger partial charge in [0, 0.05) is 0 Å². The lowest BCUT2D eigenvalue weighted by Crippen LogP contribution is -2.27. The Bertz CT molecular complexity index is 1830. The van der Waals surface area contributed by atoms with Crippen LogP contribution in [0.4, 0.5) is 105 Å². The maximum Gasteiger partial charge on any atom is 0.416 e. The molecular weight excluding hydrogens is 1060 g/mol. The molecule has 29 heteroatoms. The summed E-state index contributed by atoms with van der Waals surface area (Å²) < 4.78 is 289. The molecule has 0 atom stereocenters. The number of phenols is 4. The Labute approximate surface area is 399 Å². The molecule has 0 spiro atoms. The van der Waals surface area contributed by atoms with Gasteiger partial charge in [0.25, 0.3) is 0 Å². The number of alkyl halides is 24. The summed E-state index contributed by atoms with van der Waals surface area (Å²) in [7, 11) is 0. The van der Waals surface area contributed by atoms with E-state index in [-0.39, 0.29) is 72.8 Å². The van der Waals surface area contributed by atoms with Crippen LogP contribution in [0.2, 0.25) is 0 Å². The fourth-order valence-corrected chi connectivity index (χ4v) is 5.23. The van der Waals surface area contributed by atoms with Crippen LogP contribution in [-0.4, -0.2) is 45.0 Å². The first-order chi connectivity index (χ1) is 32.8. The van der Waals surface area contributed by atoms with Gasteiger partial charge in [-0.1, -0.05) is 40.0 Å². The Morgan fingerprint density at radius 3 is 0.479 bits per heavy atom. The van der Waals surface area contributed by atoms with Crippen molar-refractivity contribution in [3.05, 3.63) is 117 Å². The average Bonchev–Trinajstić information content (AvgIpc) is 3.21. The van der Waals surface area contributed by atoms with Crippen LogP contribution in [0.3, 0.4) is 0 Å². The summed E-state index contributed by atoms with van der Waals surface area (Å²) in [6.45, 7) is 10.8. The lowest BCUT2D eigenvalue weighted by Gasteiger charge is -2.21. The Balaban J connectivity index is 0.000000889. The molecule has 0 amide bonds. The molecule has 0 aromatic heterocycles. The number of unbranched alkanes of at least 4 members (excludes halogenated alkanes) is 3. The maximum atomic E-state index is 12.1. The van der Waals surface area contributed by atoms with Crippen LogP contribution in [0.25, 0.3) is 0 Å². The predicted octanol–water partition coefficient (Wildman–Crippen LogP) is 17.4. The molecule has 0 radical (unpaired) electrons. The molecule has 416 valence electrons. The Morgan fingerprint density at radius 1 is 0.260 bits per heavy atom. The molecule has 0 saturated carbocycles. The summed E-state index contributed by atoms with van der Waals surface area (Å²) >= 11 is 0. The monoisotopic (exact) mass is 1110 g/mol. The van der Waals surface area contributed by atoms with Crippen molar-refractivity contribution in [2.45, 2.75) is 109 Å². The normalized spacial score (nSPS) is 12.6. The van der Waals surface area contributed by atoms with Crippen molar-refractivity contribution >= 4 is 0 Å². The van der Waals surface area contributed by atoms with E-state index in [0.29, 0.717) is 0 Å². The highest BCUT2D eigenvalue weighted by atomic mass is 19.4. The van der Waals surface area contributed by atoms with Crippen LogP contribution in [0.1, 0.15) is 104 Å². The third-order valence-corrected chi connectivity index (χ3v) is 8.77. The van der Waals surface area contributed by atoms with Gasteiger partial charge in [-0.25, -0.2) is 0 Å². The number of rotatable bonds is 9. The second-order valence-electron chi connectivity index (χ2n) is 15.0. The number of nitrogens with zero attached hydrogens (tertiary/aromatic N) is 1. The lowest BCUT2D eigenvalue weighted by atomic mass is 10.1. The summed E-state index contributed by atoms with van der Waals surface area (Å²) in [5.41, 5.74) is -12.3. The van der Waals surface area contributed by atoms with Gasteiger partial charge >= 0.3 is 49.4 Å². The minimum Gasteiger partial charge on any atom is -0.508 e. The largest absolute Gasteiger partial charge is 0.508 e. The van der Waals surface area contributed by atoms with Crippen molar-refractivity contribution in [3.63, 3.8) is 0 Å². The second kappa shape index (κ2) is 27.1.